The predicted octanol–water partition coefficient (Wildman–Crippen LogP) is 5.40. The highest BCUT2D eigenvalue weighted by Crippen LogP contribution is 2.33. The molecule has 0 radical (unpaired) electrons. The minimum atomic E-state index is -0.851. The highest BCUT2D eigenvalue weighted by molar-refractivity contribution is 6.32. The molecule has 1 N–H and O–H groups in total. The van der Waals surface area contributed by atoms with Gasteiger partial charge in [0.15, 0.2) is 16.9 Å². The maximum absolute atomic E-state index is 12.8. The lowest BCUT2D eigenvalue weighted by Crippen LogP contribution is -2.17. The maximum atomic E-state index is 12.8. The van der Waals surface area contributed by atoms with Crippen molar-refractivity contribution in [3.63, 3.8) is 0 Å². The Morgan fingerprint density at radius 1 is 0.938 bits per heavy atom. The molecule has 0 aliphatic rings. The molecule has 0 saturated carbocycles. The first-order chi connectivity index (χ1) is 15.5. The first kappa shape index (κ1) is 21.5. The minimum absolute atomic E-state index is 0.238. The molecule has 0 aliphatic heterocycles. The van der Waals surface area contributed by atoms with Crippen LogP contribution in [0.4, 0.5) is 5.69 Å². The van der Waals surface area contributed by atoms with Crippen molar-refractivity contribution in [2.45, 2.75) is 5.38 Å². The summed E-state index contributed by atoms with van der Waals surface area (Å²) in [7, 11) is 3.09. The second-order valence-corrected chi connectivity index (χ2v) is 7.45. The smallest absolute Gasteiger partial charge is 0.246 e. The number of carbonyl (C=O) groups excluding carboxylic acids is 1. The second-order valence-electron chi connectivity index (χ2n) is 7.02. The Hall–Kier alpha value is -3.77. The number of fused-ring (bicyclic) bond motifs is 1. The first-order valence-corrected chi connectivity index (χ1v) is 10.2. The Morgan fingerprint density at radius 2 is 1.69 bits per heavy atom. The van der Waals surface area contributed by atoms with Crippen LogP contribution in [-0.4, -0.2) is 20.1 Å². The molecule has 162 valence electrons. The standard InChI is InChI=1S/C25H20ClNO5/c1-30-21-10-8-16(12-23(21)31-2)22-14-19(28)18-13-17(9-11-20(18)32-22)27-25(29)24(26)15-6-4-3-5-7-15/h3-14,24H,1-2H3,(H,27,29). The SMILES string of the molecule is COc1ccc(-c2cc(=O)c3cc(NC(=O)C(Cl)c4ccccc4)ccc3o2)cc1OC. The van der Waals surface area contributed by atoms with Crippen LogP contribution in [0.1, 0.15) is 10.9 Å². The molecule has 4 aromatic rings. The van der Waals surface area contributed by atoms with Crippen LogP contribution in [0.25, 0.3) is 22.3 Å². The van der Waals surface area contributed by atoms with Crippen LogP contribution in [0.3, 0.4) is 0 Å². The van der Waals surface area contributed by atoms with E-state index in [4.69, 9.17) is 25.5 Å². The quantitative estimate of drug-likeness (QED) is 0.399. The van der Waals surface area contributed by atoms with Crippen molar-refractivity contribution < 1.29 is 18.7 Å². The van der Waals surface area contributed by atoms with Gasteiger partial charge in [0.25, 0.3) is 0 Å². The van der Waals surface area contributed by atoms with Gasteiger partial charge in [0.05, 0.1) is 19.6 Å². The summed E-state index contributed by atoms with van der Waals surface area (Å²) in [5, 5.41) is 2.25. The van der Waals surface area contributed by atoms with Crippen molar-refractivity contribution in [3.05, 3.63) is 88.6 Å². The monoisotopic (exact) mass is 449 g/mol. The van der Waals surface area contributed by atoms with Crippen LogP contribution in [-0.2, 0) is 4.79 Å². The Morgan fingerprint density at radius 3 is 2.41 bits per heavy atom. The van der Waals surface area contributed by atoms with Crippen molar-refractivity contribution in [2.75, 3.05) is 19.5 Å². The molecule has 1 atom stereocenters. The van der Waals surface area contributed by atoms with E-state index < -0.39 is 5.38 Å². The van der Waals surface area contributed by atoms with Gasteiger partial charge in [-0.2, -0.15) is 0 Å². The summed E-state index contributed by atoms with van der Waals surface area (Å²) in [6.45, 7) is 0. The number of ether oxygens (including phenoxy) is 2. The van der Waals surface area contributed by atoms with Crippen molar-refractivity contribution in [1.82, 2.24) is 0 Å². The normalized spacial score (nSPS) is 11.7. The van der Waals surface area contributed by atoms with Crippen molar-refractivity contribution >= 4 is 34.2 Å². The Bertz CT molecular complexity index is 1330. The molecule has 0 fully saturated rings. The molecule has 1 amide bonds. The van der Waals surface area contributed by atoms with Gasteiger partial charge in [0.1, 0.15) is 16.7 Å². The number of rotatable bonds is 6. The third-order valence-electron chi connectivity index (χ3n) is 4.99. The van der Waals surface area contributed by atoms with E-state index in [1.54, 1.807) is 55.6 Å². The first-order valence-electron chi connectivity index (χ1n) is 9.80. The molecule has 3 aromatic carbocycles. The fraction of sp³-hybridized carbons (Fsp3) is 0.120. The zero-order valence-electron chi connectivity index (χ0n) is 17.4. The van der Waals surface area contributed by atoms with Gasteiger partial charge in [0, 0.05) is 17.3 Å². The molecule has 0 spiro atoms. The van der Waals surface area contributed by atoms with Crippen LogP contribution in [0.15, 0.2) is 82.0 Å². The summed E-state index contributed by atoms with van der Waals surface area (Å²) in [5.74, 6) is 1.11. The molecule has 0 saturated heterocycles. The lowest BCUT2D eigenvalue weighted by molar-refractivity contribution is -0.116. The van der Waals surface area contributed by atoms with E-state index in [9.17, 15) is 9.59 Å². The van der Waals surface area contributed by atoms with Crippen molar-refractivity contribution in [3.8, 4) is 22.8 Å². The number of hydrogen-bond acceptors (Lipinski definition) is 5. The van der Waals surface area contributed by atoms with Crippen molar-refractivity contribution in [2.24, 2.45) is 0 Å². The predicted molar refractivity (Wildman–Crippen MR) is 125 cm³/mol. The molecular weight excluding hydrogens is 430 g/mol. The van der Waals surface area contributed by atoms with Crippen LogP contribution in [0.5, 0.6) is 11.5 Å². The van der Waals surface area contributed by atoms with E-state index in [0.717, 1.165) is 0 Å². The van der Waals surface area contributed by atoms with Gasteiger partial charge in [-0.05, 0) is 42.0 Å². The Labute approximate surface area is 189 Å². The molecular formula is C25H20ClNO5. The summed E-state index contributed by atoms with van der Waals surface area (Å²) in [5.41, 5.74) is 1.97. The topological polar surface area (TPSA) is 77.8 Å². The summed E-state index contributed by atoms with van der Waals surface area (Å²) in [4.78, 5) is 25.3. The number of hydrogen-bond donors (Lipinski definition) is 1. The van der Waals surface area contributed by atoms with Crippen LogP contribution < -0.4 is 20.2 Å². The zero-order chi connectivity index (χ0) is 22.7. The van der Waals surface area contributed by atoms with Gasteiger partial charge < -0.3 is 19.2 Å². The van der Waals surface area contributed by atoms with Crippen molar-refractivity contribution in [1.29, 1.82) is 0 Å². The highest BCUT2D eigenvalue weighted by atomic mass is 35.5. The van der Waals surface area contributed by atoms with Gasteiger partial charge in [-0.3, -0.25) is 9.59 Å². The summed E-state index contributed by atoms with van der Waals surface area (Å²) < 4.78 is 16.5. The number of amides is 1. The number of methoxy groups -OCH3 is 2. The van der Waals surface area contributed by atoms with Gasteiger partial charge >= 0.3 is 0 Å². The van der Waals surface area contributed by atoms with Gasteiger partial charge in [0.2, 0.25) is 5.91 Å². The molecule has 32 heavy (non-hydrogen) atoms. The summed E-state index contributed by atoms with van der Waals surface area (Å²) in [6, 6.07) is 20.6. The Balaban J connectivity index is 1.63. The fourth-order valence-electron chi connectivity index (χ4n) is 3.34. The number of anilines is 1. The highest BCUT2D eigenvalue weighted by Gasteiger charge is 2.18. The van der Waals surface area contributed by atoms with Gasteiger partial charge in [-0.1, -0.05) is 30.3 Å². The van der Waals surface area contributed by atoms with E-state index in [2.05, 4.69) is 5.32 Å². The lowest BCUT2D eigenvalue weighted by Gasteiger charge is -2.12. The molecule has 1 unspecified atom stereocenters. The molecule has 6 nitrogen and oxygen atoms in total. The third-order valence-corrected chi connectivity index (χ3v) is 5.44. The van der Waals surface area contributed by atoms with E-state index in [0.29, 0.717) is 45.0 Å². The van der Waals surface area contributed by atoms with E-state index in [1.165, 1.54) is 13.2 Å². The summed E-state index contributed by atoms with van der Waals surface area (Å²) in [6.07, 6.45) is 0. The largest absolute Gasteiger partial charge is 0.493 e. The van der Waals surface area contributed by atoms with E-state index >= 15 is 0 Å². The molecule has 1 heterocycles. The number of halogens is 1. The minimum Gasteiger partial charge on any atom is -0.493 e. The molecule has 0 bridgehead atoms. The van der Waals surface area contributed by atoms with Crippen LogP contribution in [0.2, 0.25) is 0 Å². The van der Waals surface area contributed by atoms with E-state index in [-0.39, 0.29) is 11.3 Å². The average Bonchev–Trinajstić information content (AvgIpc) is 2.83. The molecule has 7 heteroatoms. The fourth-order valence-corrected chi connectivity index (χ4v) is 3.54. The second kappa shape index (κ2) is 9.16. The number of nitrogens with one attached hydrogen (secondary N) is 1. The zero-order valence-corrected chi connectivity index (χ0v) is 18.2. The molecule has 4 rings (SSSR count). The Kier molecular flexibility index (Phi) is 6.14. The lowest BCUT2D eigenvalue weighted by atomic mass is 10.1. The third kappa shape index (κ3) is 4.31. The number of carbonyl (C=O) groups is 1. The van der Waals surface area contributed by atoms with Crippen LogP contribution >= 0.6 is 11.6 Å². The summed E-state index contributed by atoms with van der Waals surface area (Å²) >= 11 is 6.28. The average molecular weight is 450 g/mol. The van der Waals surface area contributed by atoms with E-state index in [1.807, 2.05) is 18.2 Å². The molecule has 1 aromatic heterocycles. The maximum Gasteiger partial charge on any atom is 0.246 e. The van der Waals surface area contributed by atoms with Gasteiger partial charge in [-0.15, -0.1) is 11.6 Å². The van der Waals surface area contributed by atoms with Gasteiger partial charge in [-0.25, -0.2) is 0 Å². The van der Waals surface area contributed by atoms with Crippen LogP contribution in [0, 0.1) is 0 Å². The molecule has 0 aliphatic carbocycles. The number of benzene rings is 3. The number of alkyl halides is 1.